The van der Waals surface area contributed by atoms with E-state index >= 15 is 0 Å². The van der Waals surface area contributed by atoms with Crippen molar-refractivity contribution in [1.82, 2.24) is 5.32 Å². The summed E-state index contributed by atoms with van der Waals surface area (Å²) in [6.07, 6.45) is -4.87. The molecule has 19 heavy (non-hydrogen) atoms. The Kier molecular flexibility index (Phi) is 3.80. The summed E-state index contributed by atoms with van der Waals surface area (Å²) in [5.41, 5.74) is -1.74. The number of carbonyl (C=O) groups is 1. The lowest BCUT2D eigenvalue weighted by Crippen LogP contribution is -2.47. The summed E-state index contributed by atoms with van der Waals surface area (Å²) in [7, 11) is 0. The van der Waals surface area contributed by atoms with Gasteiger partial charge in [-0.1, -0.05) is 30.3 Å². The number of benzene rings is 1. The number of halogens is 3. The SMILES string of the molecule is O=C(OCc1ccccc1)C1(C(F)(F)F)CCNC1. The fraction of sp³-hybridized carbons (Fsp3) is 0.462. The van der Waals surface area contributed by atoms with E-state index in [-0.39, 0.29) is 19.6 Å². The van der Waals surface area contributed by atoms with Crippen molar-refractivity contribution in [2.75, 3.05) is 13.1 Å². The van der Waals surface area contributed by atoms with E-state index in [0.717, 1.165) is 0 Å². The molecule has 1 saturated heterocycles. The molecule has 6 heteroatoms. The van der Waals surface area contributed by atoms with E-state index in [0.29, 0.717) is 5.56 Å². The molecule has 0 saturated carbocycles. The lowest BCUT2D eigenvalue weighted by atomic mass is 9.86. The first-order valence-electron chi connectivity index (χ1n) is 5.94. The highest BCUT2D eigenvalue weighted by molar-refractivity contribution is 5.78. The molecule has 1 fully saturated rings. The second-order valence-electron chi connectivity index (χ2n) is 4.57. The molecule has 0 amide bonds. The van der Waals surface area contributed by atoms with Gasteiger partial charge in [-0.05, 0) is 18.5 Å². The van der Waals surface area contributed by atoms with E-state index in [1.807, 2.05) is 0 Å². The molecular formula is C13H14F3NO2. The van der Waals surface area contributed by atoms with Gasteiger partial charge in [0.2, 0.25) is 0 Å². The second kappa shape index (κ2) is 5.21. The van der Waals surface area contributed by atoms with Gasteiger partial charge in [-0.3, -0.25) is 4.79 Å². The quantitative estimate of drug-likeness (QED) is 0.859. The van der Waals surface area contributed by atoms with Crippen molar-refractivity contribution >= 4 is 5.97 Å². The van der Waals surface area contributed by atoms with Gasteiger partial charge in [-0.15, -0.1) is 0 Å². The molecule has 1 heterocycles. The maximum Gasteiger partial charge on any atom is 0.406 e. The molecule has 0 bridgehead atoms. The zero-order chi connectivity index (χ0) is 13.9. The highest BCUT2D eigenvalue weighted by Gasteiger charge is 2.62. The molecule has 104 valence electrons. The largest absolute Gasteiger partial charge is 0.460 e. The fourth-order valence-corrected chi connectivity index (χ4v) is 2.09. The van der Waals surface area contributed by atoms with Crippen LogP contribution in [0.2, 0.25) is 0 Å². The smallest absolute Gasteiger partial charge is 0.406 e. The van der Waals surface area contributed by atoms with Crippen LogP contribution in [0.15, 0.2) is 30.3 Å². The van der Waals surface area contributed by atoms with Crippen LogP contribution < -0.4 is 5.32 Å². The number of nitrogens with one attached hydrogen (secondary N) is 1. The van der Waals surface area contributed by atoms with Gasteiger partial charge >= 0.3 is 12.1 Å². The van der Waals surface area contributed by atoms with Crippen molar-refractivity contribution in [2.45, 2.75) is 19.2 Å². The third-order valence-corrected chi connectivity index (χ3v) is 3.30. The highest BCUT2D eigenvalue weighted by Crippen LogP contribution is 2.44. The van der Waals surface area contributed by atoms with Crippen molar-refractivity contribution in [1.29, 1.82) is 0 Å². The molecule has 0 aliphatic carbocycles. The molecule has 2 rings (SSSR count). The standard InChI is InChI=1S/C13H14F3NO2/c14-13(15,16)12(6-7-17-9-12)11(18)19-8-10-4-2-1-3-5-10/h1-5,17H,6-9H2. The van der Waals surface area contributed by atoms with E-state index in [4.69, 9.17) is 4.74 Å². The molecule has 1 aromatic rings. The predicted molar refractivity (Wildman–Crippen MR) is 62.2 cm³/mol. The Morgan fingerprint density at radius 3 is 2.53 bits per heavy atom. The van der Waals surface area contributed by atoms with Gasteiger partial charge in [-0.2, -0.15) is 13.2 Å². The molecule has 1 aliphatic rings. The van der Waals surface area contributed by atoms with Crippen LogP contribution in [-0.2, 0) is 16.1 Å². The molecule has 1 unspecified atom stereocenters. The molecule has 3 nitrogen and oxygen atoms in total. The highest BCUT2D eigenvalue weighted by atomic mass is 19.4. The Labute approximate surface area is 108 Å². The van der Waals surface area contributed by atoms with Crippen LogP contribution in [0.3, 0.4) is 0 Å². The topological polar surface area (TPSA) is 38.3 Å². The van der Waals surface area contributed by atoms with Crippen molar-refractivity contribution in [3.63, 3.8) is 0 Å². The maximum atomic E-state index is 13.1. The molecule has 1 aliphatic heterocycles. The number of ether oxygens (including phenoxy) is 1. The summed E-state index contributed by atoms with van der Waals surface area (Å²) in [6, 6.07) is 8.64. The third kappa shape index (κ3) is 2.73. The van der Waals surface area contributed by atoms with Crippen LogP contribution >= 0.6 is 0 Å². The number of alkyl halides is 3. The van der Waals surface area contributed by atoms with Gasteiger partial charge in [0.05, 0.1) is 0 Å². The van der Waals surface area contributed by atoms with E-state index in [2.05, 4.69) is 5.32 Å². The first-order valence-corrected chi connectivity index (χ1v) is 5.94. The lowest BCUT2D eigenvalue weighted by molar-refractivity contribution is -0.229. The normalized spacial score (nSPS) is 23.3. The van der Waals surface area contributed by atoms with E-state index < -0.39 is 24.1 Å². The fourth-order valence-electron chi connectivity index (χ4n) is 2.09. The second-order valence-corrected chi connectivity index (χ2v) is 4.57. The Bertz CT molecular complexity index is 439. The minimum atomic E-state index is -4.59. The Morgan fingerprint density at radius 2 is 2.00 bits per heavy atom. The van der Waals surface area contributed by atoms with Gasteiger partial charge < -0.3 is 10.1 Å². The van der Waals surface area contributed by atoms with Gasteiger partial charge in [0.1, 0.15) is 6.61 Å². The summed E-state index contributed by atoms with van der Waals surface area (Å²) in [6.45, 7) is -0.387. The molecule has 1 aromatic carbocycles. The average molecular weight is 273 g/mol. The van der Waals surface area contributed by atoms with Gasteiger partial charge in [0.25, 0.3) is 0 Å². The molecule has 1 N–H and O–H groups in total. The van der Waals surface area contributed by atoms with Gasteiger partial charge in [0, 0.05) is 6.54 Å². The summed E-state index contributed by atoms with van der Waals surface area (Å²) < 4.78 is 44.0. The number of carbonyl (C=O) groups excluding carboxylic acids is 1. The van der Waals surface area contributed by atoms with Gasteiger partial charge in [0.15, 0.2) is 5.41 Å². The van der Waals surface area contributed by atoms with Crippen LogP contribution in [-0.4, -0.2) is 25.2 Å². The molecule has 0 spiro atoms. The van der Waals surface area contributed by atoms with Crippen LogP contribution in [0.1, 0.15) is 12.0 Å². The van der Waals surface area contributed by atoms with Crippen LogP contribution in [0.25, 0.3) is 0 Å². The number of hydrogen-bond donors (Lipinski definition) is 1. The molecular weight excluding hydrogens is 259 g/mol. The molecule has 0 radical (unpaired) electrons. The molecule has 0 aromatic heterocycles. The average Bonchev–Trinajstić information content (AvgIpc) is 2.87. The Hall–Kier alpha value is -1.56. The number of esters is 1. The summed E-state index contributed by atoms with van der Waals surface area (Å²) in [4.78, 5) is 11.8. The summed E-state index contributed by atoms with van der Waals surface area (Å²) in [5, 5.41) is 2.58. The third-order valence-electron chi connectivity index (χ3n) is 3.30. The molecule has 1 atom stereocenters. The van der Waals surface area contributed by atoms with Crippen molar-refractivity contribution < 1.29 is 22.7 Å². The first-order chi connectivity index (χ1) is 8.96. The maximum absolute atomic E-state index is 13.1. The summed E-state index contributed by atoms with van der Waals surface area (Å²) >= 11 is 0. The Balaban J connectivity index is 2.05. The first kappa shape index (κ1) is 13.9. The minimum Gasteiger partial charge on any atom is -0.460 e. The summed E-state index contributed by atoms with van der Waals surface area (Å²) in [5.74, 6) is -1.20. The zero-order valence-corrected chi connectivity index (χ0v) is 10.2. The monoisotopic (exact) mass is 273 g/mol. The Morgan fingerprint density at radius 1 is 1.32 bits per heavy atom. The zero-order valence-electron chi connectivity index (χ0n) is 10.2. The number of rotatable bonds is 3. The van der Waals surface area contributed by atoms with Crippen molar-refractivity contribution in [3.8, 4) is 0 Å². The minimum absolute atomic E-state index is 0.141. The van der Waals surface area contributed by atoms with Crippen molar-refractivity contribution in [2.24, 2.45) is 5.41 Å². The van der Waals surface area contributed by atoms with Crippen molar-refractivity contribution in [3.05, 3.63) is 35.9 Å². The van der Waals surface area contributed by atoms with E-state index in [9.17, 15) is 18.0 Å². The van der Waals surface area contributed by atoms with E-state index in [1.165, 1.54) is 0 Å². The van der Waals surface area contributed by atoms with Gasteiger partial charge in [-0.25, -0.2) is 0 Å². The van der Waals surface area contributed by atoms with Crippen LogP contribution in [0.5, 0.6) is 0 Å². The number of hydrogen-bond acceptors (Lipinski definition) is 3. The van der Waals surface area contributed by atoms with Crippen LogP contribution in [0, 0.1) is 5.41 Å². The van der Waals surface area contributed by atoms with E-state index in [1.54, 1.807) is 30.3 Å². The van der Waals surface area contributed by atoms with Crippen LogP contribution in [0.4, 0.5) is 13.2 Å². The predicted octanol–water partition coefficient (Wildman–Crippen LogP) is 2.27. The lowest BCUT2D eigenvalue weighted by Gasteiger charge is -2.28.